The van der Waals surface area contributed by atoms with E-state index in [0.29, 0.717) is 25.3 Å². The van der Waals surface area contributed by atoms with Crippen molar-refractivity contribution in [3.8, 4) is 0 Å². The summed E-state index contributed by atoms with van der Waals surface area (Å²) in [5, 5.41) is 0. The molecule has 2 heterocycles. The maximum atomic E-state index is 13.0. The van der Waals surface area contributed by atoms with E-state index >= 15 is 0 Å². The Hall–Kier alpha value is -2.38. The fraction of sp³-hybridized carbons (Fsp3) is 0.480. The van der Waals surface area contributed by atoms with Crippen LogP contribution in [0.15, 0.2) is 47.4 Å². The third-order valence-electron chi connectivity index (χ3n) is 6.61. The molecule has 7 heteroatoms. The molecule has 32 heavy (non-hydrogen) atoms. The summed E-state index contributed by atoms with van der Waals surface area (Å²) in [5.41, 5.74) is 3.86. The third kappa shape index (κ3) is 4.69. The van der Waals surface area contributed by atoms with Crippen LogP contribution in [0.3, 0.4) is 0 Å². The Bertz CT molecular complexity index is 1080. The number of nitrogens with one attached hydrogen (secondary N) is 1. The maximum absolute atomic E-state index is 13.0. The third-order valence-corrected chi connectivity index (χ3v) is 8.15. The number of rotatable bonds is 6. The van der Waals surface area contributed by atoms with Gasteiger partial charge in [-0.15, -0.1) is 0 Å². The van der Waals surface area contributed by atoms with Gasteiger partial charge in [0.15, 0.2) is 0 Å². The second kappa shape index (κ2) is 9.24. The van der Waals surface area contributed by atoms with Crippen LogP contribution in [-0.2, 0) is 21.2 Å². The highest BCUT2D eigenvalue weighted by Gasteiger charge is 2.26. The Morgan fingerprint density at radius 3 is 2.59 bits per heavy atom. The van der Waals surface area contributed by atoms with Gasteiger partial charge in [-0.05, 0) is 73.6 Å². The Morgan fingerprint density at radius 2 is 1.91 bits per heavy atom. The van der Waals surface area contributed by atoms with Crippen molar-refractivity contribution in [2.45, 2.75) is 57.4 Å². The molecule has 2 aliphatic rings. The van der Waals surface area contributed by atoms with Gasteiger partial charge in [0.05, 0.1) is 4.90 Å². The summed E-state index contributed by atoms with van der Waals surface area (Å²) in [4.78, 5) is 16.5. The minimum atomic E-state index is -3.67. The molecule has 0 radical (unpaired) electrons. The lowest BCUT2D eigenvalue weighted by atomic mass is 9.99. The Morgan fingerprint density at radius 1 is 1.16 bits per heavy atom. The summed E-state index contributed by atoms with van der Waals surface area (Å²) < 4.78 is 28.9. The highest BCUT2D eigenvalue weighted by molar-refractivity contribution is 7.89. The Balaban J connectivity index is 1.46. The van der Waals surface area contributed by atoms with Crippen molar-refractivity contribution in [3.63, 3.8) is 0 Å². The van der Waals surface area contributed by atoms with Gasteiger partial charge in [-0.1, -0.05) is 26.0 Å². The SMILES string of the molecule is CCC(=O)N1CCc2cc(S(=O)(=O)NC(C)c3ccc(N4CCCC(C)C4)cc3)ccc21. The van der Waals surface area contributed by atoms with Crippen molar-refractivity contribution in [2.75, 3.05) is 29.4 Å². The van der Waals surface area contributed by atoms with E-state index in [2.05, 4.69) is 28.7 Å². The number of carbonyl (C=O) groups excluding carboxylic acids is 1. The lowest BCUT2D eigenvalue weighted by Gasteiger charge is -2.33. The number of anilines is 2. The lowest BCUT2D eigenvalue weighted by molar-refractivity contribution is -0.118. The molecular formula is C25H33N3O3S. The van der Waals surface area contributed by atoms with Crippen LogP contribution < -0.4 is 14.5 Å². The fourth-order valence-electron chi connectivity index (χ4n) is 4.76. The predicted octanol–water partition coefficient (Wildman–Crippen LogP) is 4.26. The standard InChI is InChI=1S/C25H33N3O3S/c1-4-25(29)28-15-13-21-16-23(11-12-24(21)28)32(30,31)26-19(3)20-7-9-22(10-8-20)27-14-5-6-18(2)17-27/h7-12,16,18-19,26H,4-6,13-15,17H2,1-3H3. The molecule has 2 aliphatic heterocycles. The largest absolute Gasteiger partial charge is 0.371 e. The molecule has 0 aromatic heterocycles. The van der Waals surface area contributed by atoms with Crippen LogP contribution >= 0.6 is 0 Å². The quantitative estimate of drug-likeness (QED) is 0.707. The maximum Gasteiger partial charge on any atom is 0.241 e. The number of piperidine rings is 1. The molecule has 2 aromatic carbocycles. The number of nitrogens with zero attached hydrogens (tertiary/aromatic N) is 2. The monoisotopic (exact) mass is 455 g/mol. The number of hydrogen-bond acceptors (Lipinski definition) is 4. The van der Waals surface area contributed by atoms with Gasteiger partial charge in [0, 0.05) is 43.5 Å². The fourth-order valence-corrected chi connectivity index (χ4v) is 6.04. The normalized spacial score (nSPS) is 19.7. The van der Waals surface area contributed by atoms with Crippen molar-refractivity contribution in [1.29, 1.82) is 0 Å². The topological polar surface area (TPSA) is 69.7 Å². The second-order valence-corrected chi connectivity index (χ2v) is 10.8. The van der Waals surface area contributed by atoms with Gasteiger partial charge in [0.2, 0.25) is 15.9 Å². The van der Waals surface area contributed by atoms with E-state index in [1.807, 2.05) is 26.0 Å². The number of amides is 1. The van der Waals surface area contributed by atoms with E-state index in [1.54, 1.807) is 23.1 Å². The summed E-state index contributed by atoms with van der Waals surface area (Å²) in [6.07, 6.45) is 3.61. The second-order valence-electron chi connectivity index (χ2n) is 9.07. The van der Waals surface area contributed by atoms with E-state index < -0.39 is 10.0 Å². The Labute approximate surface area is 191 Å². The van der Waals surface area contributed by atoms with Crippen LogP contribution in [-0.4, -0.2) is 34.0 Å². The van der Waals surface area contributed by atoms with E-state index in [9.17, 15) is 13.2 Å². The lowest BCUT2D eigenvalue weighted by Crippen LogP contribution is -2.34. The van der Waals surface area contributed by atoms with Crippen molar-refractivity contribution in [3.05, 3.63) is 53.6 Å². The number of benzene rings is 2. The van der Waals surface area contributed by atoms with Crippen LogP contribution in [0.4, 0.5) is 11.4 Å². The van der Waals surface area contributed by atoms with Gasteiger partial charge in [-0.25, -0.2) is 13.1 Å². The minimum Gasteiger partial charge on any atom is -0.371 e. The van der Waals surface area contributed by atoms with Crippen molar-refractivity contribution in [1.82, 2.24) is 4.72 Å². The first kappa shape index (κ1) is 22.8. The van der Waals surface area contributed by atoms with E-state index in [4.69, 9.17) is 0 Å². The smallest absolute Gasteiger partial charge is 0.241 e. The average molecular weight is 456 g/mol. The molecule has 0 spiro atoms. The zero-order valence-electron chi connectivity index (χ0n) is 19.2. The molecule has 0 aliphatic carbocycles. The van der Waals surface area contributed by atoms with Crippen LogP contribution in [0.25, 0.3) is 0 Å². The Kier molecular flexibility index (Phi) is 6.58. The molecule has 1 saturated heterocycles. The molecule has 2 aromatic rings. The molecule has 6 nitrogen and oxygen atoms in total. The zero-order chi connectivity index (χ0) is 22.9. The number of fused-ring (bicyclic) bond motifs is 1. The molecule has 1 amide bonds. The first-order valence-electron chi connectivity index (χ1n) is 11.6. The highest BCUT2D eigenvalue weighted by Crippen LogP contribution is 2.31. The molecule has 172 valence electrons. The van der Waals surface area contributed by atoms with Crippen LogP contribution in [0.1, 0.15) is 57.2 Å². The molecule has 2 unspecified atom stereocenters. The first-order valence-corrected chi connectivity index (χ1v) is 13.1. The molecule has 2 atom stereocenters. The van der Waals surface area contributed by atoms with Gasteiger partial charge >= 0.3 is 0 Å². The van der Waals surface area contributed by atoms with Gasteiger partial charge < -0.3 is 9.80 Å². The van der Waals surface area contributed by atoms with E-state index in [1.165, 1.54) is 18.5 Å². The predicted molar refractivity (Wildman–Crippen MR) is 129 cm³/mol. The molecule has 1 N–H and O–H groups in total. The molecule has 0 bridgehead atoms. The minimum absolute atomic E-state index is 0.0635. The van der Waals surface area contributed by atoms with E-state index in [0.717, 1.165) is 29.9 Å². The first-order chi connectivity index (χ1) is 15.3. The summed E-state index contributed by atoms with van der Waals surface area (Å²) in [6.45, 7) is 8.74. The molecule has 0 saturated carbocycles. The van der Waals surface area contributed by atoms with Gasteiger partial charge in [0.25, 0.3) is 0 Å². The van der Waals surface area contributed by atoms with Crippen LogP contribution in [0.5, 0.6) is 0 Å². The van der Waals surface area contributed by atoms with Gasteiger partial charge in [-0.3, -0.25) is 4.79 Å². The number of hydrogen-bond donors (Lipinski definition) is 1. The van der Waals surface area contributed by atoms with Crippen molar-refractivity contribution < 1.29 is 13.2 Å². The molecule has 1 fully saturated rings. The van der Waals surface area contributed by atoms with E-state index in [-0.39, 0.29) is 16.8 Å². The van der Waals surface area contributed by atoms with Gasteiger partial charge in [0.1, 0.15) is 0 Å². The summed E-state index contributed by atoms with van der Waals surface area (Å²) in [7, 11) is -3.67. The van der Waals surface area contributed by atoms with Crippen molar-refractivity contribution >= 4 is 27.3 Å². The number of carbonyl (C=O) groups is 1. The average Bonchev–Trinajstić information content (AvgIpc) is 3.22. The van der Waals surface area contributed by atoms with Gasteiger partial charge in [-0.2, -0.15) is 0 Å². The van der Waals surface area contributed by atoms with Crippen LogP contribution in [0.2, 0.25) is 0 Å². The summed E-state index contributed by atoms with van der Waals surface area (Å²) in [5.74, 6) is 0.766. The van der Waals surface area contributed by atoms with Crippen LogP contribution in [0, 0.1) is 5.92 Å². The highest BCUT2D eigenvalue weighted by atomic mass is 32.2. The zero-order valence-corrected chi connectivity index (χ0v) is 20.0. The summed E-state index contributed by atoms with van der Waals surface area (Å²) in [6, 6.07) is 12.9. The summed E-state index contributed by atoms with van der Waals surface area (Å²) >= 11 is 0. The molecule has 4 rings (SSSR count). The number of sulfonamides is 1. The molecular weight excluding hydrogens is 422 g/mol. The van der Waals surface area contributed by atoms with Crippen molar-refractivity contribution in [2.24, 2.45) is 5.92 Å².